The molecular weight excluding hydrogens is 428 g/mol. The van der Waals surface area contributed by atoms with Gasteiger partial charge in [-0.2, -0.15) is 0 Å². The van der Waals surface area contributed by atoms with E-state index in [1.54, 1.807) is 54.9 Å². The van der Waals surface area contributed by atoms with Crippen LogP contribution in [0.15, 0.2) is 59.8 Å². The summed E-state index contributed by atoms with van der Waals surface area (Å²) in [5.41, 5.74) is 2.76. The Morgan fingerprint density at radius 3 is 2.76 bits per heavy atom. The summed E-state index contributed by atoms with van der Waals surface area (Å²) in [5, 5.41) is 3.35. The number of carbonyl (C=O) groups is 2. The number of hydrogen-bond acceptors (Lipinski definition) is 6. The molecule has 6 nitrogen and oxygen atoms in total. The summed E-state index contributed by atoms with van der Waals surface area (Å²) in [6, 6.07) is 12.4. The van der Waals surface area contributed by atoms with Crippen LogP contribution in [0.3, 0.4) is 0 Å². The predicted molar refractivity (Wildman–Crippen MR) is 119 cm³/mol. The lowest BCUT2D eigenvalue weighted by Crippen LogP contribution is -2.36. The Bertz CT molecular complexity index is 1180. The molecule has 0 aliphatic carbocycles. The van der Waals surface area contributed by atoms with Crippen molar-refractivity contribution in [2.45, 2.75) is 0 Å². The van der Waals surface area contributed by atoms with Crippen molar-refractivity contribution in [2.24, 2.45) is 0 Å². The highest BCUT2D eigenvalue weighted by molar-refractivity contribution is 8.26. The van der Waals surface area contributed by atoms with Crippen LogP contribution in [0.1, 0.15) is 5.56 Å². The Kier molecular flexibility index (Phi) is 5.57. The van der Waals surface area contributed by atoms with Crippen LogP contribution >= 0.6 is 35.6 Å². The van der Waals surface area contributed by atoms with Crippen molar-refractivity contribution < 1.29 is 9.59 Å². The highest BCUT2D eigenvalue weighted by Crippen LogP contribution is 2.32. The zero-order chi connectivity index (χ0) is 20.4. The summed E-state index contributed by atoms with van der Waals surface area (Å²) in [4.78, 5) is 35.3. The van der Waals surface area contributed by atoms with Crippen LogP contribution in [-0.4, -0.2) is 37.5 Å². The molecule has 1 aromatic heterocycles. The maximum atomic E-state index is 12.7. The summed E-state index contributed by atoms with van der Waals surface area (Å²) in [7, 11) is 0. The Morgan fingerprint density at radius 1 is 1.17 bits per heavy atom. The molecule has 0 saturated carbocycles. The number of anilines is 1. The number of nitrogens with zero attached hydrogens (tertiary/aromatic N) is 3. The summed E-state index contributed by atoms with van der Waals surface area (Å²) >= 11 is 12.4. The predicted octanol–water partition coefficient (Wildman–Crippen LogP) is 4.12. The summed E-state index contributed by atoms with van der Waals surface area (Å²) in [6.45, 7) is -0.171. The third kappa shape index (κ3) is 4.45. The van der Waals surface area contributed by atoms with Crippen LogP contribution in [0.4, 0.5) is 5.69 Å². The third-order valence-corrected chi connectivity index (χ3v) is 5.69. The standard InChI is InChI=1S/C20H13ClN4O2S2/c21-13-3-1-2-12(8-13)9-17-19(27)25(20(28)29-17)11-18(26)24-14-4-5-15-16(10-14)23-7-6-22-15/h1-10H,11H2,(H,24,26). The van der Waals surface area contributed by atoms with E-state index in [4.69, 9.17) is 23.8 Å². The van der Waals surface area contributed by atoms with Crippen molar-refractivity contribution in [3.63, 3.8) is 0 Å². The molecule has 2 aromatic carbocycles. The normalized spacial score (nSPS) is 15.3. The summed E-state index contributed by atoms with van der Waals surface area (Å²) < 4.78 is 0.336. The van der Waals surface area contributed by atoms with Crippen molar-refractivity contribution >= 4 is 74.5 Å². The number of thioether (sulfide) groups is 1. The van der Waals surface area contributed by atoms with E-state index in [0.29, 0.717) is 25.5 Å². The molecule has 29 heavy (non-hydrogen) atoms. The van der Waals surface area contributed by atoms with E-state index < -0.39 is 0 Å². The first kappa shape index (κ1) is 19.5. The smallest absolute Gasteiger partial charge is 0.266 e. The van der Waals surface area contributed by atoms with Crippen LogP contribution in [0, 0.1) is 0 Å². The molecule has 1 fully saturated rings. The van der Waals surface area contributed by atoms with Crippen LogP contribution in [0.25, 0.3) is 17.1 Å². The van der Waals surface area contributed by atoms with E-state index in [-0.39, 0.29) is 18.4 Å². The van der Waals surface area contributed by atoms with E-state index in [1.165, 1.54) is 4.90 Å². The van der Waals surface area contributed by atoms with E-state index in [2.05, 4.69) is 15.3 Å². The van der Waals surface area contributed by atoms with Gasteiger partial charge in [0, 0.05) is 23.1 Å². The Balaban J connectivity index is 1.46. The second kappa shape index (κ2) is 8.28. The maximum absolute atomic E-state index is 12.7. The van der Waals surface area contributed by atoms with E-state index in [9.17, 15) is 9.59 Å². The van der Waals surface area contributed by atoms with Crippen LogP contribution in [-0.2, 0) is 9.59 Å². The van der Waals surface area contributed by atoms with Gasteiger partial charge in [-0.15, -0.1) is 0 Å². The average Bonchev–Trinajstić information content (AvgIpc) is 2.95. The number of fused-ring (bicyclic) bond motifs is 1. The fourth-order valence-electron chi connectivity index (χ4n) is 2.77. The Morgan fingerprint density at radius 2 is 1.97 bits per heavy atom. The van der Waals surface area contributed by atoms with Crippen LogP contribution in [0.5, 0.6) is 0 Å². The number of rotatable bonds is 4. The van der Waals surface area contributed by atoms with Gasteiger partial charge in [-0.25, -0.2) is 0 Å². The van der Waals surface area contributed by atoms with E-state index >= 15 is 0 Å². The van der Waals surface area contributed by atoms with Crippen LogP contribution < -0.4 is 5.32 Å². The Hall–Kier alpha value is -2.81. The molecule has 0 unspecified atom stereocenters. The first-order chi connectivity index (χ1) is 14.0. The quantitative estimate of drug-likeness (QED) is 0.485. The minimum absolute atomic E-state index is 0.171. The van der Waals surface area contributed by atoms with Gasteiger partial charge in [-0.05, 0) is 42.0 Å². The highest BCUT2D eigenvalue weighted by Gasteiger charge is 2.33. The fraction of sp³-hybridized carbons (Fsp3) is 0.0500. The molecule has 0 radical (unpaired) electrons. The minimum atomic E-state index is -0.353. The molecule has 0 spiro atoms. The third-order valence-electron chi connectivity index (χ3n) is 4.07. The zero-order valence-corrected chi connectivity index (χ0v) is 17.2. The van der Waals surface area contributed by atoms with Gasteiger partial charge in [-0.3, -0.25) is 24.5 Å². The van der Waals surface area contributed by atoms with Gasteiger partial charge in [0.1, 0.15) is 10.9 Å². The lowest BCUT2D eigenvalue weighted by molar-refractivity contribution is -0.126. The summed E-state index contributed by atoms with van der Waals surface area (Å²) in [5.74, 6) is -0.659. The van der Waals surface area contributed by atoms with Crippen molar-refractivity contribution in [3.05, 3.63) is 70.3 Å². The van der Waals surface area contributed by atoms with Crippen molar-refractivity contribution in [1.82, 2.24) is 14.9 Å². The first-order valence-electron chi connectivity index (χ1n) is 8.51. The topological polar surface area (TPSA) is 75.2 Å². The molecule has 0 atom stereocenters. The monoisotopic (exact) mass is 440 g/mol. The molecule has 2 amide bonds. The second-order valence-electron chi connectivity index (χ2n) is 6.13. The van der Waals surface area contributed by atoms with Crippen molar-refractivity contribution in [1.29, 1.82) is 0 Å². The first-order valence-corrected chi connectivity index (χ1v) is 10.1. The molecule has 3 aromatic rings. The fourth-order valence-corrected chi connectivity index (χ4v) is 4.22. The SMILES string of the molecule is O=C(CN1C(=O)C(=Cc2cccc(Cl)c2)SC1=S)Nc1ccc2nccnc2c1. The maximum Gasteiger partial charge on any atom is 0.266 e. The van der Waals surface area contributed by atoms with Gasteiger partial charge < -0.3 is 5.32 Å². The highest BCUT2D eigenvalue weighted by atomic mass is 35.5. The number of hydrogen-bond donors (Lipinski definition) is 1. The van der Waals surface area contributed by atoms with Gasteiger partial charge in [0.05, 0.1) is 15.9 Å². The molecule has 4 rings (SSSR count). The molecule has 1 aliphatic rings. The molecule has 144 valence electrons. The number of carbonyl (C=O) groups excluding carboxylic acids is 2. The molecular formula is C20H13ClN4O2S2. The Labute approximate surface area is 181 Å². The van der Waals surface area contributed by atoms with Gasteiger partial charge in [0.2, 0.25) is 5.91 Å². The number of nitrogens with one attached hydrogen (secondary N) is 1. The lowest BCUT2D eigenvalue weighted by atomic mass is 10.2. The number of aromatic nitrogens is 2. The molecule has 9 heteroatoms. The van der Waals surface area contributed by atoms with Crippen molar-refractivity contribution in [3.8, 4) is 0 Å². The number of thiocarbonyl (C=S) groups is 1. The molecule has 0 bridgehead atoms. The largest absolute Gasteiger partial charge is 0.324 e. The minimum Gasteiger partial charge on any atom is -0.324 e. The van der Waals surface area contributed by atoms with Gasteiger partial charge in [0.15, 0.2) is 0 Å². The number of halogens is 1. The van der Waals surface area contributed by atoms with Gasteiger partial charge in [-0.1, -0.05) is 47.7 Å². The second-order valence-corrected chi connectivity index (χ2v) is 8.24. The van der Waals surface area contributed by atoms with E-state index in [0.717, 1.165) is 22.8 Å². The van der Waals surface area contributed by atoms with Gasteiger partial charge in [0.25, 0.3) is 5.91 Å². The zero-order valence-electron chi connectivity index (χ0n) is 14.8. The number of amides is 2. The van der Waals surface area contributed by atoms with Crippen LogP contribution in [0.2, 0.25) is 5.02 Å². The molecule has 1 N–H and O–H groups in total. The number of benzene rings is 2. The average molecular weight is 441 g/mol. The molecule has 1 aliphatic heterocycles. The lowest BCUT2D eigenvalue weighted by Gasteiger charge is -2.14. The molecule has 1 saturated heterocycles. The molecule has 2 heterocycles. The summed E-state index contributed by atoms with van der Waals surface area (Å²) in [6.07, 6.45) is 4.90. The van der Waals surface area contributed by atoms with Crippen molar-refractivity contribution in [2.75, 3.05) is 11.9 Å². The van der Waals surface area contributed by atoms with Gasteiger partial charge >= 0.3 is 0 Å². The van der Waals surface area contributed by atoms with E-state index in [1.807, 2.05) is 6.07 Å².